The first-order chi connectivity index (χ1) is 6.84. The average Bonchev–Trinajstić information content (AvgIpc) is 2.99. The summed E-state index contributed by atoms with van der Waals surface area (Å²) in [6, 6.07) is 8.85. The Balaban J connectivity index is 1.66. The highest BCUT2D eigenvalue weighted by molar-refractivity contribution is 7.99. The minimum Gasteiger partial charge on any atom is -0.313 e. The second-order valence-electron chi connectivity index (χ2n) is 3.53. The minimum absolute atomic E-state index is 0.811. The van der Waals surface area contributed by atoms with Gasteiger partial charge < -0.3 is 5.32 Å². The summed E-state index contributed by atoms with van der Waals surface area (Å²) in [6.07, 6.45) is 2.73. The van der Waals surface area contributed by atoms with E-state index >= 15 is 0 Å². The minimum atomic E-state index is 0.811. The molecule has 1 aliphatic carbocycles. The Hall–Kier alpha value is -0.180. The quantitative estimate of drug-likeness (QED) is 0.613. The predicted molar refractivity (Wildman–Crippen MR) is 63.2 cm³/mol. The van der Waals surface area contributed by atoms with Crippen LogP contribution in [0.1, 0.15) is 12.8 Å². The zero-order valence-corrected chi connectivity index (χ0v) is 9.57. The zero-order valence-electron chi connectivity index (χ0n) is 8.00. The topological polar surface area (TPSA) is 12.0 Å². The van der Waals surface area contributed by atoms with Crippen LogP contribution in [0.25, 0.3) is 0 Å². The van der Waals surface area contributed by atoms with Crippen LogP contribution < -0.4 is 5.32 Å². The van der Waals surface area contributed by atoms with Gasteiger partial charge in [-0.15, -0.1) is 11.8 Å². The summed E-state index contributed by atoms with van der Waals surface area (Å²) in [4.78, 5) is 1.30. The summed E-state index contributed by atoms with van der Waals surface area (Å²) in [7, 11) is 0. The van der Waals surface area contributed by atoms with Crippen LogP contribution in [0.5, 0.6) is 0 Å². The lowest BCUT2D eigenvalue weighted by Gasteiger charge is -2.02. The Bertz CT molecular complexity index is 282. The van der Waals surface area contributed by atoms with Gasteiger partial charge in [0.1, 0.15) is 0 Å². The predicted octanol–water partition coefficient (Wildman–Crippen LogP) is 3.18. The summed E-state index contributed by atoms with van der Waals surface area (Å²) in [6.45, 7) is 1.11. The third-order valence-corrected chi connectivity index (χ3v) is 3.46. The van der Waals surface area contributed by atoms with Crippen LogP contribution in [-0.4, -0.2) is 18.3 Å². The van der Waals surface area contributed by atoms with Crippen molar-refractivity contribution in [2.24, 2.45) is 0 Å². The van der Waals surface area contributed by atoms with Crippen molar-refractivity contribution in [3.63, 3.8) is 0 Å². The third-order valence-electron chi connectivity index (χ3n) is 2.19. The van der Waals surface area contributed by atoms with E-state index in [1.807, 2.05) is 23.9 Å². The lowest BCUT2D eigenvalue weighted by Crippen LogP contribution is -2.18. The Kier molecular flexibility index (Phi) is 3.74. The van der Waals surface area contributed by atoms with E-state index in [-0.39, 0.29) is 0 Å². The van der Waals surface area contributed by atoms with Gasteiger partial charge in [-0.25, -0.2) is 0 Å². The van der Waals surface area contributed by atoms with Crippen LogP contribution in [0.3, 0.4) is 0 Å². The smallest absolute Gasteiger partial charge is 0.0406 e. The molecule has 1 aromatic carbocycles. The molecule has 0 saturated heterocycles. The van der Waals surface area contributed by atoms with Crippen LogP contribution >= 0.6 is 23.4 Å². The molecule has 0 amide bonds. The highest BCUT2D eigenvalue weighted by Gasteiger charge is 2.19. The summed E-state index contributed by atoms with van der Waals surface area (Å²) >= 11 is 7.68. The van der Waals surface area contributed by atoms with Crippen molar-refractivity contribution < 1.29 is 0 Å². The number of rotatable bonds is 5. The molecular weight excluding hydrogens is 214 g/mol. The van der Waals surface area contributed by atoms with Crippen molar-refractivity contribution in [3.8, 4) is 0 Å². The molecule has 76 valence electrons. The van der Waals surface area contributed by atoms with Crippen LogP contribution in [-0.2, 0) is 0 Å². The second-order valence-corrected chi connectivity index (χ2v) is 5.14. The first-order valence-electron chi connectivity index (χ1n) is 4.96. The van der Waals surface area contributed by atoms with Gasteiger partial charge in [0.2, 0.25) is 0 Å². The number of benzene rings is 1. The van der Waals surface area contributed by atoms with Gasteiger partial charge in [0.15, 0.2) is 0 Å². The molecule has 0 spiro atoms. The maximum absolute atomic E-state index is 5.80. The van der Waals surface area contributed by atoms with Crippen molar-refractivity contribution in [3.05, 3.63) is 29.3 Å². The van der Waals surface area contributed by atoms with Gasteiger partial charge in [0.25, 0.3) is 0 Å². The molecule has 0 unspecified atom stereocenters. The van der Waals surface area contributed by atoms with Crippen molar-refractivity contribution in [1.82, 2.24) is 5.32 Å². The van der Waals surface area contributed by atoms with Crippen LogP contribution in [0.4, 0.5) is 0 Å². The first-order valence-corrected chi connectivity index (χ1v) is 6.33. The molecule has 0 aromatic heterocycles. The van der Waals surface area contributed by atoms with Crippen molar-refractivity contribution in [2.75, 3.05) is 12.3 Å². The monoisotopic (exact) mass is 227 g/mol. The molecule has 2 rings (SSSR count). The molecule has 14 heavy (non-hydrogen) atoms. The van der Waals surface area contributed by atoms with E-state index in [0.29, 0.717) is 0 Å². The summed E-state index contributed by atoms with van der Waals surface area (Å²) < 4.78 is 0. The highest BCUT2D eigenvalue weighted by atomic mass is 35.5. The van der Waals surface area contributed by atoms with Gasteiger partial charge in [0.05, 0.1) is 0 Å². The fraction of sp³-hybridized carbons (Fsp3) is 0.455. The molecule has 0 aliphatic heterocycles. The highest BCUT2D eigenvalue weighted by Crippen LogP contribution is 2.21. The zero-order chi connectivity index (χ0) is 9.80. The maximum atomic E-state index is 5.80. The Morgan fingerprint density at radius 2 is 2.00 bits per heavy atom. The van der Waals surface area contributed by atoms with Gasteiger partial charge in [-0.05, 0) is 37.1 Å². The lowest BCUT2D eigenvalue weighted by molar-refractivity contribution is 0.726. The van der Waals surface area contributed by atoms with Crippen molar-refractivity contribution >= 4 is 23.4 Å². The van der Waals surface area contributed by atoms with Gasteiger partial charge >= 0.3 is 0 Å². The Morgan fingerprint density at radius 1 is 1.29 bits per heavy atom. The van der Waals surface area contributed by atoms with E-state index in [2.05, 4.69) is 17.4 Å². The van der Waals surface area contributed by atoms with Crippen LogP contribution in [0.15, 0.2) is 29.2 Å². The van der Waals surface area contributed by atoms with Crippen molar-refractivity contribution in [2.45, 2.75) is 23.8 Å². The molecule has 1 aliphatic rings. The lowest BCUT2D eigenvalue weighted by atomic mass is 10.4. The molecule has 3 heteroatoms. The molecule has 1 fully saturated rings. The number of hydrogen-bond donors (Lipinski definition) is 1. The molecule has 0 bridgehead atoms. The van der Waals surface area contributed by atoms with E-state index in [9.17, 15) is 0 Å². The maximum Gasteiger partial charge on any atom is 0.0406 e. The van der Waals surface area contributed by atoms with Gasteiger partial charge in [0, 0.05) is 28.3 Å². The Morgan fingerprint density at radius 3 is 2.64 bits per heavy atom. The Labute approximate surface area is 94.2 Å². The normalized spacial score (nSPS) is 15.8. The average molecular weight is 228 g/mol. The van der Waals surface area contributed by atoms with E-state index in [0.717, 1.165) is 23.4 Å². The number of hydrogen-bond acceptors (Lipinski definition) is 2. The largest absolute Gasteiger partial charge is 0.313 e. The molecule has 0 heterocycles. The third kappa shape index (κ3) is 3.52. The SMILES string of the molecule is Clc1ccc(SCCNC2CC2)cc1. The fourth-order valence-electron chi connectivity index (χ4n) is 1.25. The standard InChI is InChI=1S/C11H14ClNS/c12-9-1-5-11(6-2-9)14-8-7-13-10-3-4-10/h1-2,5-6,10,13H,3-4,7-8H2. The molecule has 0 atom stereocenters. The van der Waals surface area contributed by atoms with Crippen LogP contribution in [0, 0.1) is 0 Å². The molecule has 1 nitrogen and oxygen atoms in total. The summed E-state index contributed by atoms with van der Waals surface area (Å²) in [5.74, 6) is 1.14. The van der Waals surface area contributed by atoms with Crippen LogP contribution in [0.2, 0.25) is 5.02 Å². The van der Waals surface area contributed by atoms with E-state index in [1.54, 1.807) is 0 Å². The summed E-state index contributed by atoms with van der Waals surface area (Å²) in [5.41, 5.74) is 0. The van der Waals surface area contributed by atoms with Crippen molar-refractivity contribution in [1.29, 1.82) is 0 Å². The van der Waals surface area contributed by atoms with Gasteiger partial charge in [-0.3, -0.25) is 0 Å². The van der Waals surface area contributed by atoms with Gasteiger partial charge in [-0.1, -0.05) is 11.6 Å². The van der Waals surface area contributed by atoms with E-state index < -0.39 is 0 Å². The second kappa shape index (κ2) is 5.06. The number of nitrogens with one attached hydrogen (secondary N) is 1. The van der Waals surface area contributed by atoms with E-state index in [1.165, 1.54) is 17.7 Å². The number of thioether (sulfide) groups is 1. The molecule has 0 radical (unpaired) electrons. The van der Waals surface area contributed by atoms with E-state index in [4.69, 9.17) is 11.6 Å². The molecule has 1 saturated carbocycles. The summed E-state index contributed by atoms with van der Waals surface area (Å²) in [5, 5.41) is 4.30. The number of halogens is 1. The first kappa shape index (κ1) is 10.3. The molecule has 1 aromatic rings. The molecular formula is C11H14ClNS. The fourth-order valence-corrected chi connectivity index (χ4v) is 2.16. The van der Waals surface area contributed by atoms with Gasteiger partial charge in [-0.2, -0.15) is 0 Å². The molecule has 1 N–H and O–H groups in total.